The van der Waals surface area contributed by atoms with Gasteiger partial charge in [0.1, 0.15) is 5.82 Å². The molecule has 0 saturated heterocycles. The van der Waals surface area contributed by atoms with Gasteiger partial charge in [0, 0.05) is 10.9 Å². The first-order valence-electron chi connectivity index (χ1n) is 5.85. The Morgan fingerprint density at radius 1 is 1.26 bits per heavy atom. The minimum Gasteiger partial charge on any atom is -0.388 e. The van der Waals surface area contributed by atoms with Gasteiger partial charge in [-0.2, -0.15) is 0 Å². The van der Waals surface area contributed by atoms with Crippen molar-refractivity contribution in [3.8, 4) is 0 Å². The number of aliphatic hydroxyl groups is 1. The fraction of sp³-hybridized carbons (Fsp3) is 0.200. The zero-order valence-electron chi connectivity index (χ0n) is 10.3. The highest BCUT2D eigenvalue weighted by atomic mass is 79.9. The van der Waals surface area contributed by atoms with Crippen molar-refractivity contribution in [3.63, 3.8) is 0 Å². The van der Waals surface area contributed by atoms with Gasteiger partial charge in [-0.15, -0.1) is 0 Å². The predicted octanol–water partition coefficient (Wildman–Crippen LogP) is 4.83. The monoisotopic (exact) mass is 342 g/mol. The van der Waals surface area contributed by atoms with E-state index in [1.165, 1.54) is 12.1 Å². The lowest BCUT2D eigenvalue weighted by Crippen LogP contribution is -2.03. The largest absolute Gasteiger partial charge is 0.388 e. The number of hydrogen-bond donors (Lipinski definition) is 1. The van der Waals surface area contributed by atoms with E-state index in [4.69, 9.17) is 11.6 Å². The number of aryl methyl sites for hydroxylation is 1. The second-order valence-electron chi connectivity index (χ2n) is 4.46. The Hall–Kier alpha value is -0.900. The Morgan fingerprint density at radius 3 is 2.68 bits per heavy atom. The van der Waals surface area contributed by atoms with E-state index in [9.17, 15) is 9.50 Å². The van der Waals surface area contributed by atoms with Gasteiger partial charge in [-0.25, -0.2) is 4.39 Å². The van der Waals surface area contributed by atoms with Crippen LogP contribution in [0.1, 0.15) is 22.8 Å². The van der Waals surface area contributed by atoms with Crippen molar-refractivity contribution in [1.82, 2.24) is 0 Å². The molecule has 0 radical (unpaired) electrons. The first-order valence-corrected chi connectivity index (χ1v) is 7.02. The summed E-state index contributed by atoms with van der Waals surface area (Å²) in [7, 11) is 0. The Labute approximate surface area is 125 Å². The number of halogens is 3. The summed E-state index contributed by atoms with van der Waals surface area (Å²) in [5.74, 6) is -0.290. The third-order valence-corrected chi connectivity index (χ3v) is 4.29. The molecule has 1 N–H and O–H groups in total. The van der Waals surface area contributed by atoms with E-state index in [1.807, 2.05) is 6.92 Å². The first kappa shape index (κ1) is 14.5. The normalized spacial score (nSPS) is 12.5. The van der Waals surface area contributed by atoms with E-state index in [-0.39, 0.29) is 5.82 Å². The maximum Gasteiger partial charge on any atom is 0.123 e. The number of aliphatic hydroxyl groups excluding tert-OH is 1. The smallest absolute Gasteiger partial charge is 0.123 e. The summed E-state index contributed by atoms with van der Waals surface area (Å²) in [6, 6.07) is 9.90. The van der Waals surface area contributed by atoms with Gasteiger partial charge in [-0.3, -0.25) is 0 Å². The number of rotatable bonds is 3. The summed E-state index contributed by atoms with van der Waals surface area (Å²) in [6.45, 7) is 1.90. The molecule has 2 aromatic carbocycles. The van der Waals surface area contributed by atoms with E-state index < -0.39 is 6.10 Å². The van der Waals surface area contributed by atoms with Crippen LogP contribution in [0.25, 0.3) is 0 Å². The average Bonchev–Trinajstić information content (AvgIpc) is 2.37. The molecule has 0 aliphatic rings. The van der Waals surface area contributed by atoms with Gasteiger partial charge < -0.3 is 5.11 Å². The Bertz CT molecular complexity index is 601. The lowest BCUT2D eigenvalue weighted by molar-refractivity contribution is 0.178. The van der Waals surface area contributed by atoms with Crippen LogP contribution in [0.2, 0.25) is 5.02 Å². The molecule has 0 heterocycles. The van der Waals surface area contributed by atoms with Crippen LogP contribution in [-0.2, 0) is 6.42 Å². The van der Waals surface area contributed by atoms with Crippen LogP contribution in [-0.4, -0.2) is 5.11 Å². The highest BCUT2D eigenvalue weighted by molar-refractivity contribution is 9.10. The third-order valence-electron chi connectivity index (χ3n) is 3.05. The molecule has 2 aromatic rings. The fourth-order valence-electron chi connectivity index (χ4n) is 1.91. The van der Waals surface area contributed by atoms with Gasteiger partial charge >= 0.3 is 0 Å². The van der Waals surface area contributed by atoms with E-state index in [0.717, 1.165) is 21.2 Å². The van der Waals surface area contributed by atoms with Crippen molar-refractivity contribution in [2.45, 2.75) is 19.4 Å². The Morgan fingerprint density at radius 2 is 2.00 bits per heavy atom. The minimum absolute atomic E-state index is 0.290. The molecule has 1 unspecified atom stereocenters. The SMILES string of the molecule is Cc1ccc(F)cc1CC(O)c1ccc(Br)c(Cl)c1. The molecule has 19 heavy (non-hydrogen) atoms. The van der Waals surface area contributed by atoms with Crippen LogP contribution in [0.3, 0.4) is 0 Å². The second-order valence-corrected chi connectivity index (χ2v) is 5.73. The van der Waals surface area contributed by atoms with Crippen molar-refractivity contribution in [2.75, 3.05) is 0 Å². The first-order chi connectivity index (χ1) is 8.97. The van der Waals surface area contributed by atoms with Crippen molar-refractivity contribution >= 4 is 27.5 Å². The van der Waals surface area contributed by atoms with E-state index in [0.29, 0.717) is 11.4 Å². The molecule has 0 aliphatic carbocycles. The summed E-state index contributed by atoms with van der Waals surface area (Å²) < 4.78 is 14.0. The van der Waals surface area contributed by atoms with Gasteiger partial charge in [0.05, 0.1) is 11.1 Å². The summed E-state index contributed by atoms with van der Waals surface area (Å²) >= 11 is 9.30. The van der Waals surface area contributed by atoms with Crippen LogP contribution in [0, 0.1) is 12.7 Å². The highest BCUT2D eigenvalue weighted by Crippen LogP contribution is 2.28. The summed E-state index contributed by atoms with van der Waals surface area (Å²) in [5, 5.41) is 10.8. The molecular formula is C15H13BrClFO. The van der Waals surface area contributed by atoms with Gasteiger partial charge in [-0.05, 0) is 63.8 Å². The third kappa shape index (κ3) is 3.56. The van der Waals surface area contributed by atoms with Gasteiger partial charge in [-0.1, -0.05) is 23.7 Å². The molecule has 4 heteroatoms. The highest BCUT2D eigenvalue weighted by Gasteiger charge is 2.12. The van der Waals surface area contributed by atoms with E-state index in [1.54, 1.807) is 24.3 Å². The molecular weight excluding hydrogens is 331 g/mol. The minimum atomic E-state index is -0.703. The second kappa shape index (κ2) is 6.04. The molecule has 0 aromatic heterocycles. The lowest BCUT2D eigenvalue weighted by atomic mass is 9.98. The Kier molecular flexibility index (Phi) is 4.61. The molecule has 1 atom stereocenters. The van der Waals surface area contributed by atoms with E-state index >= 15 is 0 Å². The number of hydrogen-bond acceptors (Lipinski definition) is 1. The molecule has 0 amide bonds. The van der Waals surface area contributed by atoms with Crippen LogP contribution >= 0.6 is 27.5 Å². The molecule has 1 nitrogen and oxygen atoms in total. The zero-order valence-corrected chi connectivity index (χ0v) is 12.7. The zero-order chi connectivity index (χ0) is 14.0. The standard InChI is InChI=1S/C15H13BrClFO/c1-9-2-4-12(18)6-11(9)8-15(19)10-3-5-13(16)14(17)7-10/h2-7,15,19H,8H2,1H3. The lowest BCUT2D eigenvalue weighted by Gasteiger charge is -2.14. The molecule has 0 spiro atoms. The van der Waals surface area contributed by atoms with Crippen LogP contribution < -0.4 is 0 Å². The topological polar surface area (TPSA) is 20.2 Å². The molecule has 0 aliphatic heterocycles. The summed E-state index contributed by atoms with van der Waals surface area (Å²) in [6.07, 6.45) is -0.340. The molecule has 2 rings (SSSR count). The molecule has 100 valence electrons. The number of benzene rings is 2. The van der Waals surface area contributed by atoms with Crippen molar-refractivity contribution in [2.24, 2.45) is 0 Å². The van der Waals surface area contributed by atoms with E-state index in [2.05, 4.69) is 15.9 Å². The molecule has 0 fully saturated rings. The maximum atomic E-state index is 13.2. The Balaban J connectivity index is 2.22. The van der Waals surface area contributed by atoms with Crippen molar-refractivity contribution in [3.05, 3.63) is 68.4 Å². The van der Waals surface area contributed by atoms with Gasteiger partial charge in [0.15, 0.2) is 0 Å². The van der Waals surface area contributed by atoms with Gasteiger partial charge in [0.2, 0.25) is 0 Å². The molecule has 0 saturated carbocycles. The van der Waals surface area contributed by atoms with Crippen LogP contribution in [0.5, 0.6) is 0 Å². The molecule has 0 bridgehead atoms. The fourth-order valence-corrected chi connectivity index (χ4v) is 2.34. The van der Waals surface area contributed by atoms with Crippen LogP contribution in [0.4, 0.5) is 4.39 Å². The van der Waals surface area contributed by atoms with Crippen molar-refractivity contribution < 1.29 is 9.50 Å². The van der Waals surface area contributed by atoms with Gasteiger partial charge in [0.25, 0.3) is 0 Å². The average molecular weight is 344 g/mol. The summed E-state index contributed by atoms with van der Waals surface area (Å²) in [4.78, 5) is 0. The summed E-state index contributed by atoms with van der Waals surface area (Å²) in [5.41, 5.74) is 2.48. The maximum absolute atomic E-state index is 13.2. The van der Waals surface area contributed by atoms with Crippen LogP contribution in [0.15, 0.2) is 40.9 Å². The predicted molar refractivity (Wildman–Crippen MR) is 79.0 cm³/mol. The quantitative estimate of drug-likeness (QED) is 0.846. The van der Waals surface area contributed by atoms with Crippen molar-refractivity contribution in [1.29, 1.82) is 0 Å².